The molecule has 0 heterocycles. The number of hydrogen-bond acceptors (Lipinski definition) is 4. The summed E-state index contributed by atoms with van der Waals surface area (Å²) in [6.45, 7) is 1.63. The summed E-state index contributed by atoms with van der Waals surface area (Å²) in [4.78, 5) is 0.215. The molecule has 0 aliphatic heterocycles. The molecule has 0 aliphatic rings. The summed E-state index contributed by atoms with van der Waals surface area (Å²) >= 11 is 0. The highest BCUT2D eigenvalue weighted by molar-refractivity contribution is 7.89. The Morgan fingerprint density at radius 1 is 1.25 bits per heavy atom. The molecule has 1 aromatic rings. The van der Waals surface area contributed by atoms with Gasteiger partial charge in [-0.1, -0.05) is 17.3 Å². The molecule has 0 atom stereocenters. The van der Waals surface area contributed by atoms with E-state index in [2.05, 4.69) is 5.16 Å². The van der Waals surface area contributed by atoms with E-state index < -0.39 is 10.0 Å². The Morgan fingerprint density at radius 3 is 2.12 bits per heavy atom. The fourth-order valence-corrected chi connectivity index (χ4v) is 2.04. The van der Waals surface area contributed by atoms with Crippen LogP contribution in [-0.2, 0) is 10.0 Å². The summed E-state index contributed by atoms with van der Waals surface area (Å²) in [5.41, 5.74) is 1.12. The third kappa shape index (κ3) is 2.40. The van der Waals surface area contributed by atoms with Crippen molar-refractivity contribution in [3.05, 3.63) is 29.8 Å². The number of sulfonamides is 1. The van der Waals surface area contributed by atoms with E-state index in [0.717, 1.165) is 4.31 Å². The van der Waals surface area contributed by atoms with E-state index in [9.17, 15) is 8.42 Å². The van der Waals surface area contributed by atoms with Crippen LogP contribution >= 0.6 is 0 Å². The van der Waals surface area contributed by atoms with E-state index in [0.29, 0.717) is 11.3 Å². The maximum absolute atomic E-state index is 11.7. The summed E-state index contributed by atoms with van der Waals surface area (Å²) in [6.07, 6.45) is 0. The van der Waals surface area contributed by atoms with Gasteiger partial charge in [-0.15, -0.1) is 0 Å². The van der Waals surface area contributed by atoms with Gasteiger partial charge >= 0.3 is 0 Å². The van der Waals surface area contributed by atoms with Crippen molar-refractivity contribution in [2.75, 3.05) is 14.1 Å². The number of hydrogen-bond donors (Lipinski definition) is 1. The molecule has 5 nitrogen and oxygen atoms in total. The van der Waals surface area contributed by atoms with E-state index in [-0.39, 0.29) is 4.90 Å². The molecule has 0 spiro atoms. The summed E-state index contributed by atoms with van der Waals surface area (Å²) in [5.74, 6) is 0. The van der Waals surface area contributed by atoms with E-state index in [1.54, 1.807) is 19.1 Å². The smallest absolute Gasteiger partial charge is 0.242 e. The zero-order valence-corrected chi connectivity index (χ0v) is 10.2. The standard InChI is InChI=1S/C10H14N2O3S/c1-8(11-13)9-4-6-10(7-5-9)16(14,15)12(2)3/h4-7,13H,1-3H3/b11-8+. The second-order valence-electron chi connectivity index (χ2n) is 3.50. The van der Waals surface area contributed by atoms with Crippen LogP contribution in [0.15, 0.2) is 34.3 Å². The van der Waals surface area contributed by atoms with E-state index in [4.69, 9.17) is 5.21 Å². The minimum absolute atomic E-state index is 0.215. The Labute approximate surface area is 95.1 Å². The molecular formula is C10H14N2O3S. The molecule has 6 heteroatoms. The molecule has 0 aromatic heterocycles. The van der Waals surface area contributed by atoms with Crippen LogP contribution in [0.3, 0.4) is 0 Å². The molecule has 0 saturated carbocycles. The zero-order chi connectivity index (χ0) is 12.3. The van der Waals surface area contributed by atoms with Crippen LogP contribution in [0.1, 0.15) is 12.5 Å². The first-order valence-electron chi connectivity index (χ1n) is 4.61. The van der Waals surface area contributed by atoms with Gasteiger partial charge in [0.15, 0.2) is 0 Å². The van der Waals surface area contributed by atoms with Crippen LogP contribution in [-0.4, -0.2) is 37.7 Å². The first-order chi connectivity index (χ1) is 7.39. The second kappa shape index (κ2) is 4.63. The third-order valence-electron chi connectivity index (χ3n) is 2.20. The Kier molecular flexibility index (Phi) is 3.66. The van der Waals surface area contributed by atoms with Crippen molar-refractivity contribution in [2.24, 2.45) is 5.16 Å². The molecule has 0 unspecified atom stereocenters. The number of nitrogens with zero attached hydrogens (tertiary/aromatic N) is 2. The molecule has 1 rings (SSSR count). The van der Waals surface area contributed by atoms with Gasteiger partial charge in [-0.25, -0.2) is 12.7 Å². The topological polar surface area (TPSA) is 70.0 Å². The van der Waals surface area contributed by atoms with Gasteiger partial charge in [-0.2, -0.15) is 0 Å². The number of benzene rings is 1. The molecule has 1 aromatic carbocycles. The van der Waals surface area contributed by atoms with Crippen LogP contribution in [0.5, 0.6) is 0 Å². The summed E-state index contributed by atoms with van der Waals surface area (Å²) in [7, 11) is -0.443. The lowest BCUT2D eigenvalue weighted by Crippen LogP contribution is -2.22. The average molecular weight is 242 g/mol. The highest BCUT2D eigenvalue weighted by atomic mass is 32.2. The van der Waals surface area contributed by atoms with E-state index in [1.165, 1.54) is 26.2 Å². The van der Waals surface area contributed by atoms with Crippen molar-refractivity contribution in [1.29, 1.82) is 0 Å². The SMILES string of the molecule is C/C(=N\O)c1ccc(S(=O)(=O)N(C)C)cc1. The molecule has 0 bridgehead atoms. The lowest BCUT2D eigenvalue weighted by molar-refractivity contribution is 0.319. The number of rotatable bonds is 3. The molecule has 0 fully saturated rings. The van der Waals surface area contributed by atoms with Gasteiger partial charge < -0.3 is 5.21 Å². The van der Waals surface area contributed by atoms with Crippen LogP contribution in [0.2, 0.25) is 0 Å². The maximum atomic E-state index is 11.7. The maximum Gasteiger partial charge on any atom is 0.242 e. The Balaban J connectivity index is 3.15. The van der Waals surface area contributed by atoms with Gasteiger partial charge in [0.1, 0.15) is 0 Å². The molecule has 0 aliphatic carbocycles. The minimum atomic E-state index is -3.40. The molecule has 1 N–H and O–H groups in total. The first kappa shape index (κ1) is 12.7. The minimum Gasteiger partial charge on any atom is -0.411 e. The highest BCUT2D eigenvalue weighted by Gasteiger charge is 2.16. The van der Waals surface area contributed by atoms with Crippen molar-refractivity contribution >= 4 is 15.7 Å². The third-order valence-corrected chi connectivity index (χ3v) is 4.03. The van der Waals surface area contributed by atoms with Gasteiger partial charge in [-0.3, -0.25) is 0 Å². The molecular weight excluding hydrogens is 228 g/mol. The lowest BCUT2D eigenvalue weighted by atomic mass is 10.1. The Bertz CT molecular complexity index is 489. The quantitative estimate of drug-likeness (QED) is 0.491. The van der Waals surface area contributed by atoms with Gasteiger partial charge in [0.25, 0.3) is 0 Å². The highest BCUT2D eigenvalue weighted by Crippen LogP contribution is 2.14. The van der Waals surface area contributed by atoms with Gasteiger partial charge in [-0.05, 0) is 24.6 Å². The zero-order valence-electron chi connectivity index (χ0n) is 9.38. The second-order valence-corrected chi connectivity index (χ2v) is 5.65. The molecule has 88 valence electrons. The molecule has 16 heavy (non-hydrogen) atoms. The van der Waals surface area contributed by atoms with Gasteiger partial charge in [0, 0.05) is 14.1 Å². The lowest BCUT2D eigenvalue weighted by Gasteiger charge is -2.11. The normalized spacial score (nSPS) is 13.1. The van der Waals surface area contributed by atoms with E-state index >= 15 is 0 Å². The van der Waals surface area contributed by atoms with Crippen molar-refractivity contribution in [1.82, 2.24) is 4.31 Å². The predicted molar refractivity (Wildman–Crippen MR) is 61.3 cm³/mol. The predicted octanol–water partition coefficient (Wildman–Crippen LogP) is 1.14. The first-order valence-corrected chi connectivity index (χ1v) is 6.05. The average Bonchev–Trinajstić information content (AvgIpc) is 2.28. The van der Waals surface area contributed by atoms with E-state index in [1.807, 2.05) is 0 Å². The monoisotopic (exact) mass is 242 g/mol. The van der Waals surface area contributed by atoms with Crippen LogP contribution in [0, 0.1) is 0 Å². The molecule has 0 amide bonds. The van der Waals surface area contributed by atoms with Crippen molar-refractivity contribution in [2.45, 2.75) is 11.8 Å². The van der Waals surface area contributed by atoms with Crippen LogP contribution in [0.4, 0.5) is 0 Å². The molecule has 0 saturated heterocycles. The van der Waals surface area contributed by atoms with Crippen molar-refractivity contribution in [3.8, 4) is 0 Å². The summed E-state index contributed by atoms with van der Waals surface area (Å²) in [5, 5.41) is 11.6. The van der Waals surface area contributed by atoms with Gasteiger partial charge in [0.05, 0.1) is 10.6 Å². The van der Waals surface area contributed by atoms with Gasteiger partial charge in [0.2, 0.25) is 10.0 Å². The fourth-order valence-electron chi connectivity index (χ4n) is 1.14. The van der Waals surface area contributed by atoms with Crippen LogP contribution < -0.4 is 0 Å². The number of oxime groups is 1. The van der Waals surface area contributed by atoms with Crippen molar-refractivity contribution < 1.29 is 13.6 Å². The Hall–Kier alpha value is -1.40. The summed E-state index contributed by atoms with van der Waals surface area (Å²) in [6, 6.07) is 6.18. The van der Waals surface area contributed by atoms with Crippen molar-refractivity contribution in [3.63, 3.8) is 0 Å². The fraction of sp³-hybridized carbons (Fsp3) is 0.300. The molecule has 0 radical (unpaired) electrons. The summed E-state index contributed by atoms with van der Waals surface area (Å²) < 4.78 is 24.6. The largest absolute Gasteiger partial charge is 0.411 e. The van der Waals surface area contributed by atoms with Crippen LogP contribution in [0.25, 0.3) is 0 Å². The Morgan fingerprint density at radius 2 is 1.75 bits per heavy atom.